The number of aryl methyl sites for hydroxylation is 2. The predicted molar refractivity (Wildman–Crippen MR) is 108 cm³/mol. The van der Waals surface area contributed by atoms with E-state index in [4.69, 9.17) is 19.0 Å². The Balaban J connectivity index is 1.85. The summed E-state index contributed by atoms with van der Waals surface area (Å²) in [5.74, 6) is 1.67. The summed E-state index contributed by atoms with van der Waals surface area (Å²) in [6, 6.07) is 4.23. The maximum atomic E-state index is 5.88. The minimum atomic E-state index is 0.290. The average molecular weight is 385 g/mol. The summed E-state index contributed by atoms with van der Waals surface area (Å²) in [5.41, 5.74) is 3.50. The van der Waals surface area contributed by atoms with E-state index in [1.807, 2.05) is 52.0 Å². The van der Waals surface area contributed by atoms with E-state index in [1.54, 1.807) is 12.4 Å². The van der Waals surface area contributed by atoms with E-state index in [0.29, 0.717) is 31.5 Å². The number of nitrogens with zero attached hydrogens (tertiary/aromatic N) is 3. The molecule has 28 heavy (non-hydrogen) atoms. The zero-order chi connectivity index (χ0) is 20.4. The van der Waals surface area contributed by atoms with Crippen molar-refractivity contribution in [3.8, 4) is 17.5 Å². The zero-order valence-electron chi connectivity index (χ0n) is 17.1. The van der Waals surface area contributed by atoms with Crippen molar-refractivity contribution in [2.45, 2.75) is 27.7 Å². The number of rotatable bonds is 10. The molecule has 1 aromatic carbocycles. The van der Waals surface area contributed by atoms with E-state index in [0.717, 1.165) is 28.2 Å². The highest BCUT2D eigenvalue weighted by Gasteiger charge is 2.08. The van der Waals surface area contributed by atoms with Gasteiger partial charge in [-0.3, -0.25) is 0 Å². The van der Waals surface area contributed by atoms with Crippen LogP contribution in [0.5, 0.6) is 17.5 Å². The van der Waals surface area contributed by atoms with Gasteiger partial charge in [0.2, 0.25) is 0 Å². The van der Waals surface area contributed by atoms with Gasteiger partial charge < -0.3 is 19.0 Å². The maximum Gasteiger partial charge on any atom is 0.316 e. The molecule has 2 rings (SSSR count). The molecule has 0 radical (unpaired) electrons. The maximum absolute atomic E-state index is 5.88. The van der Waals surface area contributed by atoms with E-state index in [9.17, 15) is 0 Å². The molecule has 0 saturated heterocycles. The second kappa shape index (κ2) is 10.9. The summed E-state index contributed by atoms with van der Waals surface area (Å²) < 4.78 is 17.1. The molecule has 7 heteroatoms. The van der Waals surface area contributed by atoms with E-state index in [1.165, 1.54) is 7.11 Å². The Morgan fingerprint density at radius 1 is 1.04 bits per heavy atom. The van der Waals surface area contributed by atoms with E-state index in [-0.39, 0.29) is 0 Å². The number of benzene rings is 1. The van der Waals surface area contributed by atoms with Crippen LogP contribution < -0.4 is 14.2 Å². The van der Waals surface area contributed by atoms with Crippen LogP contribution in [0.15, 0.2) is 41.8 Å². The lowest BCUT2D eigenvalue weighted by molar-refractivity contribution is 0.204. The lowest BCUT2D eigenvalue weighted by atomic mass is 10.1. The van der Waals surface area contributed by atoms with Crippen molar-refractivity contribution in [2.24, 2.45) is 5.16 Å². The molecular formula is C21H27N3O4. The number of ether oxygens (including phenoxy) is 3. The Labute approximate surface area is 166 Å². The van der Waals surface area contributed by atoms with Crippen molar-refractivity contribution in [1.82, 2.24) is 9.97 Å². The van der Waals surface area contributed by atoms with Crippen LogP contribution in [-0.4, -0.2) is 42.6 Å². The van der Waals surface area contributed by atoms with E-state index in [2.05, 4.69) is 15.1 Å². The molecule has 2 aromatic rings. The number of aromatic nitrogens is 2. The average Bonchev–Trinajstić information content (AvgIpc) is 2.67. The van der Waals surface area contributed by atoms with E-state index < -0.39 is 0 Å². The molecule has 7 nitrogen and oxygen atoms in total. The molecule has 1 aromatic heterocycles. The molecule has 0 amide bonds. The van der Waals surface area contributed by atoms with Crippen molar-refractivity contribution in [3.05, 3.63) is 53.4 Å². The highest BCUT2D eigenvalue weighted by Crippen LogP contribution is 2.28. The number of allylic oxidation sites excluding steroid dienone is 1. The molecule has 1 heterocycles. The number of hydrogen-bond donors (Lipinski definition) is 0. The fraction of sp³-hybridized carbons (Fsp3) is 0.381. The zero-order valence-corrected chi connectivity index (χ0v) is 17.1. The number of hydrogen-bond acceptors (Lipinski definition) is 7. The minimum Gasteiger partial charge on any atom is -0.490 e. The van der Waals surface area contributed by atoms with Gasteiger partial charge in [0.15, 0.2) is 0 Å². The van der Waals surface area contributed by atoms with Crippen LogP contribution in [0.25, 0.3) is 0 Å². The molecule has 150 valence electrons. The SMILES string of the molecule is C/C=C/COc1cc(C)c(OCCOc2ncc(/C(C)=N/OC)cn2)c(C)c1. The second-order valence-electron chi connectivity index (χ2n) is 6.08. The monoisotopic (exact) mass is 385 g/mol. The fourth-order valence-corrected chi connectivity index (χ4v) is 2.51. The summed E-state index contributed by atoms with van der Waals surface area (Å²) in [5, 5.41) is 3.84. The molecule has 0 N–H and O–H groups in total. The summed E-state index contributed by atoms with van der Waals surface area (Å²) >= 11 is 0. The third-order valence-corrected chi connectivity index (χ3v) is 3.85. The Morgan fingerprint density at radius 2 is 1.68 bits per heavy atom. The lowest BCUT2D eigenvalue weighted by Gasteiger charge is -2.14. The summed E-state index contributed by atoms with van der Waals surface area (Å²) in [6.07, 6.45) is 7.21. The first-order chi connectivity index (χ1) is 13.5. The van der Waals surface area contributed by atoms with E-state index >= 15 is 0 Å². The first kappa shape index (κ1) is 21.2. The largest absolute Gasteiger partial charge is 0.490 e. The van der Waals surface area contributed by atoms with Crippen LogP contribution in [0.1, 0.15) is 30.5 Å². The van der Waals surface area contributed by atoms with Crippen LogP contribution in [0, 0.1) is 13.8 Å². The van der Waals surface area contributed by atoms with Crippen molar-refractivity contribution < 1.29 is 19.0 Å². The van der Waals surface area contributed by atoms with Gasteiger partial charge in [-0.15, -0.1) is 0 Å². The molecule has 0 fully saturated rings. The predicted octanol–water partition coefficient (Wildman–Crippen LogP) is 3.88. The van der Waals surface area contributed by atoms with Crippen LogP contribution in [0.2, 0.25) is 0 Å². The minimum absolute atomic E-state index is 0.290. The van der Waals surface area contributed by atoms with Gasteiger partial charge in [0.1, 0.15) is 38.4 Å². The highest BCUT2D eigenvalue weighted by atomic mass is 16.6. The third kappa shape index (κ3) is 6.26. The summed E-state index contributed by atoms with van der Waals surface area (Å²) in [6.45, 7) is 9.06. The lowest BCUT2D eigenvalue weighted by Crippen LogP contribution is -2.12. The van der Waals surface area contributed by atoms with Crippen LogP contribution in [0.3, 0.4) is 0 Å². The smallest absolute Gasteiger partial charge is 0.316 e. The highest BCUT2D eigenvalue weighted by molar-refractivity contribution is 5.97. The fourth-order valence-electron chi connectivity index (χ4n) is 2.51. The normalized spacial score (nSPS) is 11.5. The van der Waals surface area contributed by atoms with Crippen molar-refractivity contribution in [3.63, 3.8) is 0 Å². The van der Waals surface area contributed by atoms with Gasteiger partial charge in [0, 0.05) is 18.0 Å². The molecule has 0 aliphatic rings. The van der Waals surface area contributed by atoms with Crippen molar-refractivity contribution in [1.29, 1.82) is 0 Å². The molecule has 0 atom stereocenters. The topological polar surface area (TPSA) is 75.1 Å². The van der Waals surface area contributed by atoms with Gasteiger partial charge >= 0.3 is 6.01 Å². The molecule has 0 spiro atoms. The summed E-state index contributed by atoms with van der Waals surface area (Å²) in [4.78, 5) is 13.1. The second-order valence-corrected chi connectivity index (χ2v) is 6.08. The molecule has 0 unspecified atom stereocenters. The summed E-state index contributed by atoms with van der Waals surface area (Å²) in [7, 11) is 1.50. The quantitative estimate of drug-likeness (QED) is 0.267. The molecule has 0 aliphatic heterocycles. The van der Waals surface area contributed by atoms with Gasteiger partial charge in [-0.25, -0.2) is 9.97 Å². The van der Waals surface area contributed by atoms with Gasteiger partial charge in [-0.2, -0.15) is 0 Å². The Morgan fingerprint density at radius 3 is 2.29 bits per heavy atom. The van der Waals surface area contributed by atoms with Gasteiger partial charge in [0.25, 0.3) is 0 Å². The Kier molecular flexibility index (Phi) is 8.27. The van der Waals surface area contributed by atoms with Crippen LogP contribution in [-0.2, 0) is 4.84 Å². The van der Waals surface area contributed by atoms with Crippen molar-refractivity contribution >= 4 is 5.71 Å². The first-order valence-corrected chi connectivity index (χ1v) is 9.06. The van der Waals surface area contributed by atoms with Crippen LogP contribution in [0.4, 0.5) is 0 Å². The molecule has 0 bridgehead atoms. The van der Waals surface area contributed by atoms with Gasteiger partial charge in [0.05, 0.1) is 5.71 Å². The van der Waals surface area contributed by atoms with Crippen LogP contribution >= 0.6 is 0 Å². The Hall–Kier alpha value is -3.09. The third-order valence-electron chi connectivity index (χ3n) is 3.85. The molecule has 0 aliphatic carbocycles. The Bertz CT molecular complexity index is 794. The number of oxime groups is 1. The molecule has 0 saturated carbocycles. The van der Waals surface area contributed by atoms with Gasteiger partial charge in [-0.05, 0) is 51.0 Å². The van der Waals surface area contributed by atoms with Crippen molar-refractivity contribution in [2.75, 3.05) is 26.9 Å². The first-order valence-electron chi connectivity index (χ1n) is 9.06. The molecular weight excluding hydrogens is 358 g/mol. The van der Waals surface area contributed by atoms with Gasteiger partial charge in [-0.1, -0.05) is 17.3 Å². The standard InChI is InChI=1S/C21H27N3O4/c1-6-7-8-26-19-11-15(2)20(16(3)12-19)27-9-10-28-21-22-13-18(14-23-21)17(4)24-25-5/h6-7,11-14H,8-10H2,1-5H3/b7-6+,24-17+.